The van der Waals surface area contributed by atoms with E-state index in [2.05, 4.69) is 24.9 Å². The molecule has 3 nitrogen and oxygen atoms in total. The zero-order valence-corrected chi connectivity index (χ0v) is 12.9. The van der Waals surface area contributed by atoms with Crippen molar-refractivity contribution in [2.45, 2.75) is 52.1 Å². The van der Waals surface area contributed by atoms with Gasteiger partial charge < -0.3 is 5.11 Å². The monoisotopic (exact) mass is 290 g/mol. The molecule has 1 fully saturated rings. The summed E-state index contributed by atoms with van der Waals surface area (Å²) in [6.07, 6.45) is 4.26. The lowest BCUT2D eigenvalue weighted by molar-refractivity contribution is -0.0753. The first-order valence-corrected chi connectivity index (χ1v) is 7.58. The SMILES string of the molecule is CC(C)C1CCC(C#N)(C(C)(O)c2ccc(F)cn2)CC1. The van der Waals surface area contributed by atoms with Crippen molar-refractivity contribution >= 4 is 0 Å². The highest BCUT2D eigenvalue weighted by molar-refractivity contribution is 5.23. The first-order chi connectivity index (χ1) is 9.82. The Morgan fingerprint density at radius 1 is 1.43 bits per heavy atom. The lowest BCUT2D eigenvalue weighted by Crippen LogP contribution is -2.46. The van der Waals surface area contributed by atoms with Crippen molar-refractivity contribution in [3.63, 3.8) is 0 Å². The van der Waals surface area contributed by atoms with E-state index in [1.165, 1.54) is 12.1 Å². The van der Waals surface area contributed by atoms with Gasteiger partial charge in [-0.05, 0) is 56.6 Å². The van der Waals surface area contributed by atoms with E-state index in [9.17, 15) is 14.8 Å². The minimum atomic E-state index is -1.36. The van der Waals surface area contributed by atoms with E-state index in [-0.39, 0.29) is 0 Å². The molecule has 0 spiro atoms. The molecule has 0 amide bonds. The Bertz CT molecular complexity index is 523. The van der Waals surface area contributed by atoms with Gasteiger partial charge >= 0.3 is 0 Å². The largest absolute Gasteiger partial charge is 0.382 e. The number of hydrogen-bond donors (Lipinski definition) is 1. The Hall–Kier alpha value is -1.47. The third kappa shape index (κ3) is 2.80. The van der Waals surface area contributed by atoms with Gasteiger partial charge in [0.1, 0.15) is 11.4 Å². The third-order valence-electron chi connectivity index (χ3n) is 5.20. The highest BCUT2D eigenvalue weighted by Gasteiger charge is 2.51. The molecule has 1 saturated carbocycles. The van der Waals surface area contributed by atoms with Gasteiger partial charge in [-0.2, -0.15) is 5.26 Å². The number of aromatic nitrogens is 1. The fraction of sp³-hybridized carbons (Fsp3) is 0.647. The first-order valence-electron chi connectivity index (χ1n) is 7.58. The zero-order chi connectivity index (χ0) is 15.7. The van der Waals surface area contributed by atoms with Crippen LogP contribution in [0, 0.1) is 34.4 Å². The number of nitriles is 1. The van der Waals surface area contributed by atoms with Crippen molar-refractivity contribution in [2.75, 3.05) is 0 Å². The summed E-state index contributed by atoms with van der Waals surface area (Å²) in [5, 5.41) is 20.7. The smallest absolute Gasteiger partial charge is 0.141 e. The lowest BCUT2D eigenvalue weighted by atomic mass is 9.60. The molecule has 1 atom stereocenters. The maximum absolute atomic E-state index is 13.0. The van der Waals surface area contributed by atoms with Gasteiger partial charge in [0.2, 0.25) is 0 Å². The summed E-state index contributed by atoms with van der Waals surface area (Å²) in [5.41, 5.74) is -1.84. The number of hydrogen-bond acceptors (Lipinski definition) is 3. The molecule has 0 bridgehead atoms. The summed E-state index contributed by atoms with van der Waals surface area (Å²) in [6, 6.07) is 5.10. The van der Waals surface area contributed by atoms with Crippen molar-refractivity contribution in [2.24, 2.45) is 17.3 Å². The summed E-state index contributed by atoms with van der Waals surface area (Å²) < 4.78 is 13.0. The van der Waals surface area contributed by atoms with Gasteiger partial charge in [0.25, 0.3) is 0 Å². The van der Waals surface area contributed by atoms with Crippen molar-refractivity contribution in [3.8, 4) is 6.07 Å². The van der Waals surface area contributed by atoms with E-state index in [1.807, 2.05) is 0 Å². The van der Waals surface area contributed by atoms with Gasteiger partial charge in [-0.25, -0.2) is 4.39 Å². The second-order valence-corrected chi connectivity index (χ2v) is 6.71. The van der Waals surface area contributed by atoms with Crippen LogP contribution in [0.3, 0.4) is 0 Å². The molecule has 0 aliphatic heterocycles. The van der Waals surface area contributed by atoms with Crippen LogP contribution >= 0.6 is 0 Å². The quantitative estimate of drug-likeness (QED) is 0.921. The Balaban J connectivity index is 2.28. The third-order valence-corrected chi connectivity index (χ3v) is 5.20. The first kappa shape index (κ1) is 15.9. The summed E-state index contributed by atoms with van der Waals surface area (Å²) in [6.45, 7) is 6.03. The summed E-state index contributed by atoms with van der Waals surface area (Å²) in [7, 11) is 0. The normalized spacial score (nSPS) is 28.9. The summed E-state index contributed by atoms with van der Waals surface area (Å²) >= 11 is 0. The molecule has 1 heterocycles. The van der Waals surface area contributed by atoms with Crippen LogP contribution in [0.5, 0.6) is 0 Å². The molecule has 1 unspecified atom stereocenters. The van der Waals surface area contributed by atoms with Gasteiger partial charge in [0, 0.05) is 0 Å². The minimum Gasteiger partial charge on any atom is -0.382 e. The molecule has 0 radical (unpaired) electrons. The van der Waals surface area contributed by atoms with Gasteiger partial charge in [-0.1, -0.05) is 13.8 Å². The molecule has 1 N–H and O–H groups in total. The number of nitrogens with zero attached hydrogens (tertiary/aromatic N) is 2. The zero-order valence-electron chi connectivity index (χ0n) is 12.9. The van der Waals surface area contributed by atoms with E-state index < -0.39 is 16.8 Å². The fourth-order valence-corrected chi connectivity index (χ4v) is 3.42. The van der Waals surface area contributed by atoms with Crippen molar-refractivity contribution in [3.05, 3.63) is 29.8 Å². The number of halogens is 1. The summed E-state index contributed by atoms with van der Waals surface area (Å²) in [5.74, 6) is 0.753. The average molecular weight is 290 g/mol. The van der Waals surface area contributed by atoms with E-state index in [0.29, 0.717) is 30.4 Å². The highest BCUT2D eigenvalue weighted by atomic mass is 19.1. The predicted molar refractivity (Wildman–Crippen MR) is 78.6 cm³/mol. The second-order valence-electron chi connectivity index (χ2n) is 6.71. The maximum atomic E-state index is 13.0. The Morgan fingerprint density at radius 2 is 2.05 bits per heavy atom. The topological polar surface area (TPSA) is 56.9 Å². The molecule has 114 valence electrons. The molecule has 1 aromatic rings. The van der Waals surface area contributed by atoms with Crippen molar-refractivity contribution in [1.29, 1.82) is 5.26 Å². The fourth-order valence-electron chi connectivity index (χ4n) is 3.42. The average Bonchev–Trinajstić information content (AvgIpc) is 2.47. The van der Waals surface area contributed by atoms with Crippen LogP contribution in [-0.4, -0.2) is 10.1 Å². The summed E-state index contributed by atoms with van der Waals surface area (Å²) in [4.78, 5) is 4.00. The molecular formula is C17H23FN2O. The van der Waals surface area contributed by atoms with Crippen LogP contribution in [0.15, 0.2) is 18.3 Å². The second kappa shape index (κ2) is 5.73. The van der Waals surface area contributed by atoms with E-state index in [1.54, 1.807) is 6.92 Å². The molecule has 1 aromatic heterocycles. The molecular weight excluding hydrogens is 267 g/mol. The standard InChI is InChI=1S/C17H23FN2O/c1-12(2)13-6-8-17(11-19,9-7-13)16(3,21)15-5-4-14(18)10-20-15/h4-5,10,12-13,21H,6-9H2,1-3H3. The van der Waals surface area contributed by atoms with E-state index in [0.717, 1.165) is 19.0 Å². The van der Waals surface area contributed by atoms with Crippen molar-refractivity contribution < 1.29 is 9.50 Å². The molecule has 1 aliphatic rings. The Morgan fingerprint density at radius 3 is 2.48 bits per heavy atom. The lowest BCUT2D eigenvalue weighted by Gasteiger charge is -2.45. The van der Waals surface area contributed by atoms with E-state index in [4.69, 9.17) is 0 Å². The van der Waals surface area contributed by atoms with E-state index >= 15 is 0 Å². The van der Waals surface area contributed by atoms with Gasteiger partial charge in [0.05, 0.1) is 23.4 Å². The van der Waals surface area contributed by atoms with Crippen LogP contribution in [-0.2, 0) is 5.60 Å². The van der Waals surface area contributed by atoms with Gasteiger partial charge in [-0.3, -0.25) is 4.98 Å². The number of rotatable bonds is 3. The maximum Gasteiger partial charge on any atom is 0.141 e. The number of pyridine rings is 1. The Kier molecular flexibility index (Phi) is 4.34. The Labute approximate surface area is 125 Å². The predicted octanol–water partition coefficient (Wildman–Crippen LogP) is 3.78. The molecule has 0 aromatic carbocycles. The van der Waals surface area contributed by atoms with Crippen LogP contribution in [0.2, 0.25) is 0 Å². The van der Waals surface area contributed by atoms with Crippen LogP contribution in [0.4, 0.5) is 4.39 Å². The number of aliphatic hydroxyl groups is 1. The van der Waals surface area contributed by atoms with Crippen LogP contribution < -0.4 is 0 Å². The molecule has 21 heavy (non-hydrogen) atoms. The minimum absolute atomic E-state index is 0.369. The van der Waals surface area contributed by atoms with Crippen molar-refractivity contribution in [1.82, 2.24) is 4.98 Å². The van der Waals surface area contributed by atoms with Crippen LogP contribution in [0.25, 0.3) is 0 Å². The van der Waals surface area contributed by atoms with Gasteiger partial charge in [-0.15, -0.1) is 0 Å². The van der Waals surface area contributed by atoms with Gasteiger partial charge in [0.15, 0.2) is 0 Å². The molecule has 1 aliphatic carbocycles. The van der Waals surface area contributed by atoms with Crippen LogP contribution in [0.1, 0.15) is 52.1 Å². The molecule has 2 rings (SSSR count). The highest BCUT2D eigenvalue weighted by Crippen LogP contribution is 2.51. The molecule has 4 heteroatoms. The molecule has 0 saturated heterocycles.